The van der Waals surface area contributed by atoms with Crippen LogP contribution in [0.5, 0.6) is 0 Å². The molecule has 0 aliphatic heterocycles. The summed E-state index contributed by atoms with van der Waals surface area (Å²) in [7, 11) is 0. The minimum atomic E-state index is 0.982. The van der Waals surface area contributed by atoms with E-state index in [-0.39, 0.29) is 0 Å². The van der Waals surface area contributed by atoms with Crippen LogP contribution in [0.2, 0.25) is 0 Å². The van der Waals surface area contributed by atoms with E-state index >= 15 is 0 Å². The fourth-order valence-corrected chi connectivity index (χ4v) is 1.64. The van der Waals surface area contributed by atoms with Gasteiger partial charge in [-0.3, -0.25) is 5.43 Å². The van der Waals surface area contributed by atoms with Crippen LogP contribution in [0, 0.1) is 13.8 Å². The normalized spacial score (nSPS) is 11.4. The molecule has 0 unspecified atom stereocenters. The SMILES string of the molecule is C/C(=N\Nc1ccc(C)cc1)c1ccc(C)cc1. The Hall–Kier alpha value is -2.09. The molecule has 0 spiro atoms. The van der Waals surface area contributed by atoms with Gasteiger partial charge in [-0.15, -0.1) is 0 Å². The van der Waals surface area contributed by atoms with Crippen LogP contribution < -0.4 is 5.43 Å². The van der Waals surface area contributed by atoms with Gasteiger partial charge in [0, 0.05) is 0 Å². The van der Waals surface area contributed by atoms with Crippen LogP contribution in [-0.2, 0) is 0 Å². The summed E-state index contributed by atoms with van der Waals surface area (Å²) in [6.07, 6.45) is 0. The lowest BCUT2D eigenvalue weighted by molar-refractivity contribution is 1.31. The molecule has 0 bridgehead atoms. The van der Waals surface area contributed by atoms with E-state index in [9.17, 15) is 0 Å². The molecule has 18 heavy (non-hydrogen) atoms. The van der Waals surface area contributed by atoms with Gasteiger partial charge in [0.05, 0.1) is 11.4 Å². The van der Waals surface area contributed by atoms with Crippen molar-refractivity contribution in [3.8, 4) is 0 Å². The first-order valence-corrected chi connectivity index (χ1v) is 6.09. The van der Waals surface area contributed by atoms with Crippen molar-refractivity contribution in [2.45, 2.75) is 20.8 Å². The second-order valence-corrected chi connectivity index (χ2v) is 4.54. The first-order chi connectivity index (χ1) is 8.65. The minimum Gasteiger partial charge on any atom is -0.278 e. The fraction of sp³-hybridized carbons (Fsp3) is 0.188. The molecule has 0 saturated carbocycles. The molecule has 2 heteroatoms. The summed E-state index contributed by atoms with van der Waals surface area (Å²) in [5, 5.41) is 4.39. The quantitative estimate of drug-likeness (QED) is 0.630. The number of anilines is 1. The average Bonchev–Trinajstić information content (AvgIpc) is 2.38. The maximum atomic E-state index is 4.39. The Balaban J connectivity index is 2.09. The van der Waals surface area contributed by atoms with Crippen molar-refractivity contribution in [3.63, 3.8) is 0 Å². The monoisotopic (exact) mass is 238 g/mol. The van der Waals surface area contributed by atoms with E-state index in [1.807, 2.05) is 19.1 Å². The number of hydrazone groups is 1. The van der Waals surface area contributed by atoms with E-state index < -0.39 is 0 Å². The Bertz CT molecular complexity index is 536. The van der Waals surface area contributed by atoms with Gasteiger partial charge in [-0.05, 0) is 38.5 Å². The number of benzene rings is 2. The average molecular weight is 238 g/mol. The van der Waals surface area contributed by atoms with Gasteiger partial charge in [-0.1, -0.05) is 47.5 Å². The van der Waals surface area contributed by atoms with Crippen molar-refractivity contribution < 1.29 is 0 Å². The van der Waals surface area contributed by atoms with E-state index in [1.165, 1.54) is 11.1 Å². The van der Waals surface area contributed by atoms with Gasteiger partial charge in [0.15, 0.2) is 0 Å². The zero-order valence-corrected chi connectivity index (χ0v) is 11.1. The van der Waals surface area contributed by atoms with Gasteiger partial charge in [0.2, 0.25) is 0 Å². The van der Waals surface area contributed by atoms with E-state index in [4.69, 9.17) is 0 Å². The van der Waals surface area contributed by atoms with Crippen LogP contribution >= 0.6 is 0 Å². The van der Waals surface area contributed by atoms with E-state index in [1.54, 1.807) is 0 Å². The largest absolute Gasteiger partial charge is 0.278 e. The molecule has 0 aliphatic rings. The highest BCUT2D eigenvalue weighted by Gasteiger charge is 1.96. The highest BCUT2D eigenvalue weighted by molar-refractivity contribution is 5.99. The van der Waals surface area contributed by atoms with Crippen LogP contribution in [0.4, 0.5) is 5.69 Å². The summed E-state index contributed by atoms with van der Waals surface area (Å²) in [5.74, 6) is 0. The highest BCUT2D eigenvalue weighted by atomic mass is 15.3. The molecular weight excluding hydrogens is 220 g/mol. The van der Waals surface area contributed by atoms with Gasteiger partial charge >= 0.3 is 0 Å². The Labute approximate surface area is 108 Å². The topological polar surface area (TPSA) is 24.4 Å². The lowest BCUT2D eigenvalue weighted by Gasteiger charge is -2.04. The Morgan fingerprint density at radius 3 is 1.89 bits per heavy atom. The summed E-state index contributed by atoms with van der Waals surface area (Å²) in [6.45, 7) is 6.16. The number of nitrogens with one attached hydrogen (secondary N) is 1. The zero-order valence-electron chi connectivity index (χ0n) is 11.1. The number of hydrogen-bond acceptors (Lipinski definition) is 2. The first kappa shape index (κ1) is 12.4. The Morgan fingerprint density at radius 2 is 1.33 bits per heavy atom. The molecule has 0 aromatic heterocycles. The summed E-state index contributed by atoms with van der Waals surface area (Å²) < 4.78 is 0. The van der Waals surface area contributed by atoms with Crippen molar-refractivity contribution in [2.75, 3.05) is 5.43 Å². The van der Waals surface area contributed by atoms with E-state index in [0.29, 0.717) is 0 Å². The van der Waals surface area contributed by atoms with Crippen LogP contribution in [-0.4, -0.2) is 5.71 Å². The van der Waals surface area contributed by atoms with Crippen molar-refractivity contribution in [2.24, 2.45) is 5.10 Å². The lowest BCUT2D eigenvalue weighted by atomic mass is 10.1. The third-order valence-corrected chi connectivity index (χ3v) is 2.87. The number of aryl methyl sites for hydroxylation is 2. The summed E-state index contributed by atoms with van der Waals surface area (Å²) in [6, 6.07) is 16.6. The lowest BCUT2D eigenvalue weighted by Crippen LogP contribution is -1.99. The molecule has 0 heterocycles. The Morgan fingerprint density at radius 1 is 0.833 bits per heavy atom. The van der Waals surface area contributed by atoms with Crippen molar-refractivity contribution in [1.29, 1.82) is 0 Å². The first-order valence-electron chi connectivity index (χ1n) is 6.09. The third-order valence-electron chi connectivity index (χ3n) is 2.87. The minimum absolute atomic E-state index is 0.982. The maximum Gasteiger partial charge on any atom is 0.0648 e. The van der Waals surface area contributed by atoms with Gasteiger partial charge in [0.1, 0.15) is 0 Å². The maximum absolute atomic E-state index is 4.39. The third kappa shape index (κ3) is 3.20. The number of hydrogen-bond donors (Lipinski definition) is 1. The number of rotatable bonds is 3. The van der Waals surface area contributed by atoms with Gasteiger partial charge in [-0.2, -0.15) is 5.10 Å². The molecule has 0 radical (unpaired) electrons. The molecule has 2 nitrogen and oxygen atoms in total. The molecule has 2 aromatic rings. The molecule has 1 N–H and O–H groups in total. The van der Waals surface area contributed by atoms with Gasteiger partial charge < -0.3 is 0 Å². The van der Waals surface area contributed by atoms with Crippen LogP contribution in [0.1, 0.15) is 23.6 Å². The van der Waals surface area contributed by atoms with Crippen LogP contribution in [0.3, 0.4) is 0 Å². The van der Waals surface area contributed by atoms with E-state index in [2.05, 4.69) is 60.8 Å². The molecule has 2 rings (SSSR count). The van der Waals surface area contributed by atoms with Crippen LogP contribution in [0.15, 0.2) is 53.6 Å². The van der Waals surface area contributed by atoms with Crippen LogP contribution in [0.25, 0.3) is 0 Å². The second-order valence-electron chi connectivity index (χ2n) is 4.54. The molecule has 2 aromatic carbocycles. The summed E-state index contributed by atoms with van der Waals surface area (Å²) >= 11 is 0. The fourth-order valence-electron chi connectivity index (χ4n) is 1.64. The molecule has 0 aliphatic carbocycles. The van der Waals surface area contributed by atoms with Crippen molar-refractivity contribution in [1.82, 2.24) is 0 Å². The number of nitrogens with zero attached hydrogens (tertiary/aromatic N) is 1. The van der Waals surface area contributed by atoms with Crippen molar-refractivity contribution >= 4 is 11.4 Å². The highest BCUT2D eigenvalue weighted by Crippen LogP contribution is 2.10. The van der Waals surface area contributed by atoms with E-state index in [0.717, 1.165) is 17.0 Å². The molecule has 92 valence electrons. The smallest absolute Gasteiger partial charge is 0.0648 e. The predicted molar refractivity (Wildman–Crippen MR) is 78.2 cm³/mol. The van der Waals surface area contributed by atoms with Crippen molar-refractivity contribution in [3.05, 3.63) is 65.2 Å². The Kier molecular flexibility index (Phi) is 3.78. The summed E-state index contributed by atoms with van der Waals surface area (Å²) in [4.78, 5) is 0. The summed E-state index contributed by atoms with van der Waals surface area (Å²) in [5.41, 5.74) is 8.71. The van der Waals surface area contributed by atoms with Gasteiger partial charge in [-0.25, -0.2) is 0 Å². The predicted octanol–water partition coefficient (Wildman–Crippen LogP) is 4.14. The molecule has 0 atom stereocenters. The standard InChI is InChI=1S/C16H18N2/c1-12-4-8-15(9-5-12)14(3)17-18-16-10-6-13(2)7-11-16/h4-11,18H,1-3H3/b17-14+. The molecule has 0 saturated heterocycles. The van der Waals surface area contributed by atoms with Gasteiger partial charge in [0.25, 0.3) is 0 Å². The molecule has 0 amide bonds. The molecule has 0 fully saturated rings. The molecular formula is C16H18N2. The zero-order chi connectivity index (χ0) is 13.0. The second kappa shape index (κ2) is 5.50.